The molecule has 1 N–H and O–H groups in total. The summed E-state index contributed by atoms with van der Waals surface area (Å²) >= 11 is 5.89. The zero-order valence-electron chi connectivity index (χ0n) is 17.8. The monoisotopic (exact) mass is 464 g/mol. The summed E-state index contributed by atoms with van der Waals surface area (Å²) in [6.07, 6.45) is 3.06. The minimum Gasteiger partial charge on any atom is -0.497 e. The number of amides is 4. The fraction of sp³-hybridized carbons (Fsp3) is 0.167. The highest BCUT2D eigenvalue weighted by Gasteiger charge is 2.46. The van der Waals surface area contributed by atoms with E-state index in [0.29, 0.717) is 22.1 Å². The summed E-state index contributed by atoms with van der Waals surface area (Å²) in [6.45, 7) is 0.143. The lowest BCUT2D eigenvalue weighted by molar-refractivity contribution is -0.124. The minimum atomic E-state index is -0.966. The van der Waals surface area contributed by atoms with Gasteiger partial charge < -0.3 is 15.0 Å². The summed E-state index contributed by atoms with van der Waals surface area (Å²) in [5.41, 5.74) is 1.70. The van der Waals surface area contributed by atoms with Gasteiger partial charge in [-0.05, 0) is 60.2 Å². The molecule has 2 heterocycles. The topological polar surface area (TPSA) is 91.8 Å². The van der Waals surface area contributed by atoms with E-state index in [2.05, 4.69) is 10.3 Å². The Hall–Kier alpha value is -3.91. The van der Waals surface area contributed by atoms with Gasteiger partial charge in [-0.1, -0.05) is 17.7 Å². The molecule has 1 saturated heterocycles. The third kappa shape index (κ3) is 4.96. The van der Waals surface area contributed by atoms with Crippen LogP contribution in [0.15, 0.2) is 73.1 Å². The van der Waals surface area contributed by atoms with Crippen molar-refractivity contribution < 1.29 is 19.1 Å². The number of methoxy groups -OCH3 is 1. The number of benzene rings is 2. The molecule has 0 radical (unpaired) electrons. The maximum atomic E-state index is 13.3. The lowest BCUT2D eigenvalue weighted by Crippen LogP contribution is -2.37. The Kier molecular flexibility index (Phi) is 6.55. The van der Waals surface area contributed by atoms with Crippen LogP contribution in [0.5, 0.6) is 5.75 Å². The third-order valence-electron chi connectivity index (χ3n) is 5.23. The summed E-state index contributed by atoms with van der Waals surface area (Å²) in [6, 6.07) is 15.3. The van der Waals surface area contributed by atoms with Crippen molar-refractivity contribution in [1.82, 2.24) is 9.88 Å². The number of nitrogens with one attached hydrogen (secondary N) is 1. The number of anilines is 2. The lowest BCUT2D eigenvalue weighted by atomic mass is 10.1. The van der Waals surface area contributed by atoms with Crippen LogP contribution in [-0.4, -0.2) is 40.9 Å². The molecule has 0 aliphatic carbocycles. The summed E-state index contributed by atoms with van der Waals surface area (Å²) in [7, 11) is 1.53. The third-order valence-corrected chi connectivity index (χ3v) is 5.48. The Morgan fingerprint density at radius 2 is 1.82 bits per heavy atom. The highest BCUT2D eigenvalue weighted by atomic mass is 35.5. The molecule has 8 nitrogen and oxygen atoms in total. The first-order valence-corrected chi connectivity index (χ1v) is 10.6. The first kappa shape index (κ1) is 22.3. The number of pyridine rings is 1. The van der Waals surface area contributed by atoms with Crippen molar-refractivity contribution in [2.75, 3.05) is 17.3 Å². The molecule has 1 atom stereocenters. The molecule has 4 rings (SSSR count). The fourth-order valence-corrected chi connectivity index (χ4v) is 3.72. The number of carbonyl (C=O) groups excluding carboxylic acids is 3. The molecule has 1 aliphatic rings. The lowest BCUT2D eigenvalue weighted by Gasteiger charge is -2.21. The van der Waals surface area contributed by atoms with E-state index in [1.165, 1.54) is 12.0 Å². The quantitative estimate of drug-likeness (QED) is 0.531. The SMILES string of the molecule is COc1ccc(N2C(=O)[C@H](CC(=O)Nc3ccc(Cl)cc3)N(Cc3cccnc3)C2=O)cc1. The van der Waals surface area contributed by atoms with Gasteiger partial charge in [0.25, 0.3) is 5.91 Å². The van der Waals surface area contributed by atoms with Gasteiger partial charge in [0, 0.05) is 29.6 Å². The molecule has 4 amide bonds. The van der Waals surface area contributed by atoms with Gasteiger partial charge in [0.1, 0.15) is 11.8 Å². The largest absolute Gasteiger partial charge is 0.497 e. The van der Waals surface area contributed by atoms with Crippen LogP contribution in [0.25, 0.3) is 0 Å². The van der Waals surface area contributed by atoms with Gasteiger partial charge in [-0.15, -0.1) is 0 Å². The van der Waals surface area contributed by atoms with Gasteiger partial charge in [0.05, 0.1) is 19.2 Å². The molecule has 0 bridgehead atoms. The number of carbonyl (C=O) groups is 3. The van der Waals surface area contributed by atoms with Crippen LogP contribution in [0.4, 0.5) is 16.2 Å². The number of rotatable bonds is 7. The molecule has 0 spiro atoms. The van der Waals surface area contributed by atoms with Gasteiger partial charge in [-0.3, -0.25) is 14.6 Å². The zero-order chi connectivity index (χ0) is 23.4. The predicted octanol–water partition coefficient (Wildman–Crippen LogP) is 4.11. The molecule has 1 aromatic heterocycles. The van der Waals surface area contributed by atoms with Crippen molar-refractivity contribution in [3.8, 4) is 5.75 Å². The van der Waals surface area contributed by atoms with Crippen LogP contribution in [0.1, 0.15) is 12.0 Å². The van der Waals surface area contributed by atoms with Crippen molar-refractivity contribution in [2.45, 2.75) is 19.0 Å². The second-order valence-electron chi connectivity index (χ2n) is 7.42. The summed E-state index contributed by atoms with van der Waals surface area (Å²) in [5, 5.41) is 3.29. The van der Waals surface area contributed by atoms with Gasteiger partial charge >= 0.3 is 6.03 Å². The Balaban J connectivity index is 1.59. The number of imide groups is 1. The highest BCUT2D eigenvalue weighted by molar-refractivity contribution is 6.30. The summed E-state index contributed by atoms with van der Waals surface area (Å²) in [5.74, 6) is -0.263. The molecule has 0 saturated carbocycles. The molecule has 2 aromatic carbocycles. The Bertz CT molecular complexity index is 1150. The van der Waals surface area contributed by atoms with Crippen molar-refractivity contribution in [3.05, 3.63) is 83.6 Å². The summed E-state index contributed by atoms with van der Waals surface area (Å²) in [4.78, 5) is 45.9. The van der Waals surface area contributed by atoms with Crippen LogP contribution in [0.2, 0.25) is 5.02 Å². The van der Waals surface area contributed by atoms with Gasteiger partial charge in [-0.2, -0.15) is 0 Å². The second-order valence-corrected chi connectivity index (χ2v) is 7.85. The number of hydrogen-bond acceptors (Lipinski definition) is 5. The van der Waals surface area contributed by atoms with Crippen LogP contribution in [0.3, 0.4) is 0 Å². The van der Waals surface area contributed by atoms with Gasteiger partial charge in [-0.25, -0.2) is 9.69 Å². The van der Waals surface area contributed by atoms with Crippen molar-refractivity contribution in [3.63, 3.8) is 0 Å². The van der Waals surface area contributed by atoms with Crippen molar-refractivity contribution in [1.29, 1.82) is 0 Å². The Morgan fingerprint density at radius 1 is 1.09 bits per heavy atom. The van der Waals surface area contributed by atoms with E-state index >= 15 is 0 Å². The van der Waals surface area contributed by atoms with Gasteiger partial charge in [0.15, 0.2) is 0 Å². The second kappa shape index (κ2) is 9.70. The Morgan fingerprint density at radius 3 is 2.45 bits per heavy atom. The number of aromatic nitrogens is 1. The number of urea groups is 1. The number of hydrogen-bond donors (Lipinski definition) is 1. The zero-order valence-corrected chi connectivity index (χ0v) is 18.5. The van der Waals surface area contributed by atoms with E-state index in [4.69, 9.17) is 16.3 Å². The molecule has 1 aliphatic heterocycles. The summed E-state index contributed by atoms with van der Waals surface area (Å²) < 4.78 is 5.16. The molecule has 168 valence electrons. The van der Waals surface area contributed by atoms with E-state index < -0.39 is 23.9 Å². The molecular formula is C24H21ClN4O4. The molecule has 9 heteroatoms. The normalized spacial score (nSPS) is 15.6. The van der Waals surface area contributed by atoms with E-state index in [1.54, 1.807) is 67.0 Å². The van der Waals surface area contributed by atoms with Gasteiger partial charge in [0.2, 0.25) is 5.91 Å². The number of ether oxygens (including phenoxy) is 1. The fourth-order valence-electron chi connectivity index (χ4n) is 3.59. The predicted molar refractivity (Wildman–Crippen MR) is 124 cm³/mol. The molecule has 3 aromatic rings. The molecule has 1 fully saturated rings. The minimum absolute atomic E-state index is 0.143. The van der Waals surface area contributed by atoms with Crippen molar-refractivity contribution >= 4 is 40.8 Å². The highest BCUT2D eigenvalue weighted by Crippen LogP contribution is 2.29. The number of halogens is 1. The maximum absolute atomic E-state index is 13.3. The van der Waals surface area contributed by atoms with Crippen LogP contribution < -0.4 is 15.0 Å². The molecule has 33 heavy (non-hydrogen) atoms. The Labute approximate surface area is 195 Å². The van der Waals surface area contributed by atoms with Crippen LogP contribution >= 0.6 is 11.6 Å². The first-order valence-electron chi connectivity index (χ1n) is 10.2. The van der Waals surface area contributed by atoms with E-state index in [9.17, 15) is 14.4 Å². The standard InChI is InChI=1S/C24H21ClN4O4/c1-33-20-10-8-19(9-11-20)29-23(31)21(13-22(30)27-18-6-4-17(25)5-7-18)28(24(29)32)15-16-3-2-12-26-14-16/h2-12,14,21H,13,15H2,1H3,(H,27,30)/t21-/m0/s1. The van der Waals surface area contributed by atoms with Crippen LogP contribution in [0, 0.1) is 0 Å². The maximum Gasteiger partial charge on any atom is 0.332 e. The van der Waals surface area contributed by atoms with E-state index in [0.717, 1.165) is 10.5 Å². The molecule has 0 unspecified atom stereocenters. The van der Waals surface area contributed by atoms with E-state index in [-0.39, 0.29) is 13.0 Å². The number of nitrogens with zero attached hydrogens (tertiary/aromatic N) is 3. The van der Waals surface area contributed by atoms with E-state index in [1.807, 2.05) is 6.07 Å². The smallest absolute Gasteiger partial charge is 0.332 e. The van der Waals surface area contributed by atoms with Crippen molar-refractivity contribution in [2.24, 2.45) is 0 Å². The average Bonchev–Trinajstić information content (AvgIpc) is 3.05. The van der Waals surface area contributed by atoms with Crippen LogP contribution in [-0.2, 0) is 16.1 Å². The average molecular weight is 465 g/mol. The molecular weight excluding hydrogens is 444 g/mol. The first-order chi connectivity index (χ1) is 16.0.